The van der Waals surface area contributed by atoms with E-state index in [1.165, 1.54) is 0 Å². The highest BCUT2D eigenvalue weighted by Gasteiger charge is 2.18. The van der Waals surface area contributed by atoms with Crippen molar-refractivity contribution in [2.45, 2.75) is 32.7 Å². The Bertz CT molecular complexity index is 612. The van der Waals surface area contributed by atoms with Crippen LogP contribution in [0.5, 0.6) is 0 Å². The minimum atomic E-state index is 0.169. The fraction of sp³-hybridized carbons (Fsp3) is 0.467. The molecule has 0 aliphatic rings. The normalized spacial score (nSPS) is 12.6. The first-order valence-corrected chi connectivity index (χ1v) is 8.21. The molecule has 0 aliphatic carbocycles. The van der Waals surface area contributed by atoms with Crippen LogP contribution < -0.4 is 5.32 Å². The lowest BCUT2D eigenvalue weighted by Gasteiger charge is -2.19. The van der Waals surface area contributed by atoms with Crippen molar-refractivity contribution in [1.82, 2.24) is 20.1 Å². The molecule has 0 bridgehead atoms. The number of nitrogens with zero attached hydrogens (tertiary/aromatic N) is 3. The number of hydrogen-bond acceptors (Lipinski definition) is 3. The van der Waals surface area contributed by atoms with Gasteiger partial charge in [0.25, 0.3) is 0 Å². The van der Waals surface area contributed by atoms with Gasteiger partial charge in [0.05, 0.1) is 16.4 Å². The SMILES string of the molecule is CCCNC(Cc1c(Cl)c(C)nn1C)c1cncc(Br)c1. The van der Waals surface area contributed by atoms with Gasteiger partial charge in [-0.15, -0.1) is 0 Å². The summed E-state index contributed by atoms with van der Waals surface area (Å²) in [6.45, 7) is 5.04. The molecular weight excluding hydrogens is 352 g/mol. The van der Waals surface area contributed by atoms with Crippen LogP contribution >= 0.6 is 27.5 Å². The summed E-state index contributed by atoms with van der Waals surface area (Å²) in [5.41, 5.74) is 3.06. The van der Waals surface area contributed by atoms with Crippen LogP contribution in [0.2, 0.25) is 5.02 Å². The molecule has 0 saturated carbocycles. The largest absolute Gasteiger partial charge is 0.310 e. The quantitative estimate of drug-likeness (QED) is 0.839. The van der Waals surface area contributed by atoms with Crippen molar-refractivity contribution in [2.24, 2.45) is 7.05 Å². The third-order valence-electron chi connectivity index (χ3n) is 3.43. The Morgan fingerprint density at radius 2 is 2.19 bits per heavy atom. The molecule has 0 amide bonds. The maximum atomic E-state index is 6.37. The molecule has 6 heteroatoms. The molecule has 1 N–H and O–H groups in total. The molecule has 2 aromatic heterocycles. The van der Waals surface area contributed by atoms with Gasteiger partial charge in [0.1, 0.15) is 0 Å². The van der Waals surface area contributed by atoms with Crippen molar-refractivity contribution < 1.29 is 0 Å². The van der Waals surface area contributed by atoms with Gasteiger partial charge in [0.15, 0.2) is 0 Å². The smallest absolute Gasteiger partial charge is 0.0847 e. The molecule has 2 aromatic rings. The molecular formula is C15H20BrClN4. The predicted octanol–water partition coefficient (Wildman–Crippen LogP) is 3.82. The second-order valence-corrected chi connectivity index (χ2v) is 6.41. The standard InChI is InChI=1S/C15H20BrClN4/c1-4-5-19-13(11-6-12(16)9-18-8-11)7-14-15(17)10(2)20-21(14)3/h6,8-9,13,19H,4-5,7H2,1-3H3. The summed E-state index contributed by atoms with van der Waals surface area (Å²) < 4.78 is 2.85. The molecule has 0 fully saturated rings. The van der Waals surface area contributed by atoms with Crippen LogP contribution in [0.3, 0.4) is 0 Å². The summed E-state index contributed by atoms with van der Waals surface area (Å²) in [6.07, 6.45) is 5.56. The maximum absolute atomic E-state index is 6.37. The molecule has 0 radical (unpaired) electrons. The first-order chi connectivity index (χ1) is 10.0. The van der Waals surface area contributed by atoms with E-state index in [0.717, 1.165) is 45.8 Å². The van der Waals surface area contributed by atoms with Crippen LogP contribution in [-0.2, 0) is 13.5 Å². The fourth-order valence-electron chi connectivity index (χ4n) is 2.34. The second kappa shape index (κ2) is 7.38. The highest BCUT2D eigenvalue weighted by atomic mass is 79.9. The van der Waals surface area contributed by atoms with Crippen LogP contribution in [0.1, 0.15) is 36.3 Å². The molecule has 1 unspecified atom stereocenters. The first kappa shape index (κ1) is 16.5. The van der Waals surface area contributed by atoms with Gasteiger partial charge in [0.2, 0.25) is 0 Å². The van der Waals surface area contributed by atoms with Crippen molar-refractivity contribution in [3.8, 4) is 0 Å². The Balaban J connectivity index is 2.28. The molecule has 2 rings (SSSR count). The summed E-state index contributed by atoms with van der Waals surface area (Å²) in [4.78, 5) is 4.26. The van der Waals surface area contributed by atoms with Crippen LogP contribution in [0.15, 0.2) is 22.9 Å². The van der Waals surface area contributed by atoms with Gasteiger partial charge in [-0.3, -0.25) is 9.67 Å². The van der Waals surface area contributed by atoms with Crippen LogP contribution in [0.4, 0.5) is 0 Å². The van der Waals surface area contributed by atoms with Gasteiger partial charge in [0, 0.05) is 36.4 Å². The number of aromatic nitrogens is 3. The lowest BCUT2D eigenvalue weighted by molar-refractivity contribution is 0.511. The predicted molar refractivity (Wildman–Crippen MR) is 89.6 cm³/mol. The number of halogens is 2. The summed E-state index contributed by atoms with van der Waals surface area (Å²) in [7, 11) is 1.93. The molecule has 114 valence electrons. The lowest BCUT2D eigenvalue weighted by Crippen LogP contribution is -2.25. The zero-order chi connectivity index (χ0) is 15.4. The zero-order valence-electron chi connectivity index (χ0n) is 12.5. The third kappa shape index (κ3) is 4.05. The highest BCUT2D eigenvalue weighted by Crippen LogP contribution is 2.26. The van der Waals surface area contributed by atoms with Gasteiger partial charge >= 0.3 is 0 Å². The van der Waals surface area contributed by atoms with Gasteiger partial charge < -0.3 is 5.32 Å². The number of nitrogens with one attached hydrogen (secondary N) is 1. The number of hydrogen-bond donors (Lipinski definition) is 1. The average Bonchev–Trinajstić information content (AvgIpc) is 2.69. The minimum Gasteiger partial charge on any atom is -0.310 e. The van der Waals surface area contributed by atoms with E-state index in [-0.39, 0.29) is 6.04 Å². The maximum Gasteiger partial charge on any atom is 0.0847 e. The Labute approximate surface area is 139 Å². The van der Waals surface area contributed by atoms with Gasteiger partial charge in [-0.2, -0.15) is 5.10 Å². The van der Waals surface area contributed by atoms with E-state index in [0.29, 0.717) is 0 Å². The van der Waals surface area contributed by atoms with E-state index >= 15 is 0 Å². The van der Waals surface area contributed by atoms with Crippen molar-refractivity contribution in [3.05, 3.63) is 44.9 Å². The molecule has 4 nitrogen and oxygen atoms in total. The summed E-state index contributed by atoms with van der Waals surface area (Å²) >= 11 is 9.86. The Morgan fingerprint density at radius 1 is 1.43 bits per heavy atom. The number of pyridine rings is 1. The van der Waals surface area contributed by atoms with Gasteiger partial charge in [-0.25, -0.2) is 0 Å². The Hall–Kier alpha value is -0.910. The Morgan fingerprint density at radius 3 is 2.76 bits per heavy atom. The molecule has 1 atom stereocenters. The monoisotopic (exact) mass is 370 g/mol. The van der Waals surface area contributed by atoms with Gasteiger partial charge in [-0.1, -0.05) is 18.5 Å². The summed E-state index contributed by atoms with van der Waals surface area (Å²) in [5, 5.41) is 8.71. The van der Waals surface area contributed by atoms with E-state index in [4.69, 9.17) is 11.6 Å². The van der Waals surface area contributed by atoms with Crippen molar-refractivity contribution in [2.75, 3.05) is 6.54 Å². The fourth-order valence-corrected chi connectivity index (χ4v) is 2.96. The van der Waals surface area contributed by atoms with E-state index in [2.05, 4.69) is 44.3 Å². The molecule has 0 saturated heterocycles. The average molecular weight is 372 g/mol. The second-order valence-electron chi connectivity index (χ2n) is 5.12. The van der Waals surface area contributed by atoms with Crippen LogP contribution in [-0.4, -0.2) is 21.3 Å². The van der Waals surface area contributed by atoms with Crippen molar-refractivity contribution in [1.29, 1.82) is 0 Å². The zero-order valence-corrected chi connectivity index (χ0v) is 14.9. The Kier molecular flexibility index (Phi) is 5.79. The third-order valence-corrected chi connectivity index (χ3v) is 4.35. The lowest BCUT2D eigenvalue weighted by atomic mass is 10.0. The van der Waals surface area contributed by atoms with Crippen LogP contribution in [0, 0.1) is 6.92 Å². The minimum absolute atomic E-state index is 0.169. The molecule has 0 aliphatic heterocycles. The van der Waals surface area contributed by atoms with Crippen molar-refractivity contribution in [3.63, 3.8) is 0 Å². The summed E-state index contributed by atoms with van der Waals surface area (Å²) in [5.74, 6) is 0. The van der Waals surface area contributed by atoms with Crippen LogP contribution in [0.25, 0.3) is 0 Å². The molecule has 2 heterocycles. The molecule has 0 aromatic carbocycles. The highest BCUT2D eigenvalue weighted by molar-refractivity contribution is 9.10. The van der Waals surface area contributed by atoms with E-state index in [9.17, 15) is 0 Å². The molecule has 0 spiro atoms. The van der Waals surface area contributed by atoms with Gasteiger partial charge in [-0.05, 0) is 47.4 Å². The van der Waals surface area contributed by atoms with E-state index in [1.807, 2.05) is 24.9 Å². The van der Waals surface area contributed by atoms with E-state index in [1.54, 1.807) is 6.20 Å². The molecule has 21 heavy (non-hydrogen) atoms. The topological polar surface area (TPSA) is 42.7 Å². The number of rotatable bonds is 6. The number of aryl methyl sites for hydroxylation is 2. The first-order valence-electron chi connectivity index (χ1n) is 7.04. The van der Waals surface area contributed by atoms with E-state index < -0.39 is 0 Å². The summed E-state index contributed by atoms with van der Waals surface area (Å²) in [6, 6.07) is 2.26. The van der Waals surface area contributed by atoms with Crippen molar-refractivity contribution >= 4 is 27.5 Å².